The molecule has 0 rings (SSSR count). The van der Waals surface area contributed by atoms with Crippen molar-refractivity contribution < 1.29 is 0 Å². The molecule has 0 aromatic carbocycles. The first-order chi connectivity index (χ1) is 3.77. The van der Waals surface area contributed by atoms with Gasteiger partial charge in [-0.1, -0.05) is 19.9 Å². The number of aliphatic imine (C=N–C) groups is 1. The highest BCUT2D eigenvalue weighted by molar-refractivity contribution is 5.70. The summed E-state index contributed by atoms with van der Waals surface area (Å²) in [6, 6.07) is 0. The predicted octanol–water partition coefficient (Wildman–Crippen LogP) is 1.90. The molecule has 0 N–H and O–H groups in total. The maximum Gasteiger partial charge on any atom is 0.0277 e. The van der Waals surface area contributed by atoms with Crippen LogP contribution in [0.1, 0.15) is 13.8 Å². The molecule has 0 aromatic rings. The summed E-state index contributed by atoms with van der Waals surface area (Å²) in [5.74, 6) is 0.632. The summed E-state index contributed by atoms with van der Waals surface area (Å²) < 4.78 is 0. The molecular weight excluding hydrogens is 98.1 g/mol. The second-order valence-electron chi connectivity index (χ2n) is 2.04. The zero-order valence-electron chi connectivity index (χ0n) is 5.76. The lowest BCUT2D eigenvalue weighted by Crippen LogP contribution is -1.76. The highest BCUT2D eigenvalue weighted by Crippen LogP contribution is 1.90. The molecule has 0 aliphatic heterocycles. The van der Waals surface area contributed by atoms with Crippen LogP contribution in [0.4, 0.5) is 0 Å². The third-order valence-corrected chi connectivity index (χ3v) is 0.731. The maximum absolute atomic E-state index is 3.80. The van der Waals surface area contributed by atoms with E-state index in [9.17, 15) is 0 Å². The van der Waals surface area contributed by atoms with Crippen molar-refractivity contribution in [3.05, 3.63) is 12.2 Å². The zero-order chi connectivity index (χ0) is 6.41. The maximum atomic E-state index is 3.80. The van der Waals surface area contributed by atoms with Crippen LogP contribution in [0, 0.1) is 5.92 Å². The predicted molar refractivity (Wildman–Crippen MR) is 38.4 cm³/mol. The zero-order valence-corrected chi connectivity index (χ0v) is 5.76. The highest BCUT2D eigenvalue weighted by Gasteiger charge is 1.78. The Morgan fingerprint density at radius 1 is 1.38 bits per heavy atom. The van der Waals surface area contributed by atoms with Gasteiger partial charge in [0.1, 0.15) is 0 Å². The molecule has 0 atom stereocenters. The Labute approximate surface area is 51.1 Å². The number of allylic oxidation sites excluding steroid dienone is 2. The molecule has 0 saturated heterocycles. The van der Waals surface area contributed by atoms with Gasteiger partial charge in [0.25, 0.3) is 0 Å². The summed E-state index contributed by atoms with van der Waals surface area (Å²) in [7, 11) is 1.77. The van der Waals surface area contributed by atoms with E-state index < -0.39 is 0 Å². The highest BCUT2D eigenvalue weighted by atomic mass is 14.6. The van der Waals surface area contributed by atoms with Crippen molar-refractivity contribution in [1.29, 1.82) is 0 Å². The van der Waals surface area contributed by atoms with Crippen LogP contribution in [-0.2, 0) is 0 Å². The van der Waals surface area contributed by atoms with Crippen LogP contribution in [0.3, 0.4) is 0 Å². The van der Waals surface area contributed by atoms with Gasteiger partial charge < -0.3 is 0 Å². The lowest BCUT2D eigenvalue weighted by atomic mass is 10.2. The molecule has 0 radical (unpaired) electrons. The van der Waals surface area contributed by atoms with Crippen LogP contribution in [0.15, 0.2) is 17.1 Å². The topological polar surface area (TPSA) is 12.4 Å². The van der Waals surface area contributed by atoms with Crippen molar-refractivity contribution in [2.45, 2.75) is 13.8 Å². The van der Waals surface area contributed by atoms with E-state index in [0.717, 1.165) is 0 Å². The summed E-state index contributed by atoms with van der Waals surface area (Å²) >= 11 is 0. The molecule has 8 heavy (non-hydrogen) atoms. The Balaban J connectivity index is 3.34. The van der Waals surface area contributed by atoms with Crippen LogP contribution < -0.4 is 0 Å². The SMILES string of the molecule is CN=CC=CC(C)C. The van der Waals surface area contributed by atoms with Gasteiger partial charge in [0.15, 0.2) is 0 Å². The van der Waals surface area contributed by atoms with Crippen molar-refractivity contribution in [2.24, 2.45) is 10.9 Å². The minimum absolute atomic E-state index is 0.632. The Bertz CT molecular complexity index is 90.6. The molecule has 0 aliphatic carbocycles. The molecular formula is C7H13N. The van der Waals surface area contributed by atoms with Gasteiger partial charge in [-0.15, -0.1) is 0 Å². The number of hydrogen-bond acceptors (Lipinski definition) is 1. The Morgan fingerprint density at radius 2 is 2.00 bits per heavy atom. The number of hydrogen-bond donors (Lipinski definition) is 0. The van der Waals surface area contributed by atoms with Gasteiger partial charge in [0, 0.05) is 13.3 Å². The molecule has 0 spiro atoms. The van der Waals surface area contributed by atoms with E-state index in [4.69, 9.17) is 0 Å². The van der Waals surface area contributed by atoms with E-state index in [0.29, 0.717) is 5.92 Å². The summed E-state index contributed by atoms with van der Waals surface area (Å²) in [5.41, 5.74) is 0. The molecule has 0 saturated carbocycles. The second kappa shape index (κ2) is 4.57. The van der Waals surface area contributed by atoms with Gasteiger partial charge in [0.2, 0.25) is 0 Å². The van der Waals surface area contributed by atoms with Gasteiger partial charge in [0.05, 0.1) is 0 Å². The van der Waals surface area contributed by atoms with Crippen molar-refractivity contribution in [3.8, 4) is 0 Å². The molecule has 0 unspecified atom stereocenters. The Kier molecular flexibility index (Phi) is 4.23. The van der Waals surface area contributed by atoms with E-state index in [-0.39, 0.29) is 0 Å². The van der Waals surface area contributed by atoms with E-state index in [2.05, 4.69) is 24.9 Å². The minimum atomic E-state index is 0.632. The van der Waals surface area contributed by atoms with Gasteiger partial charge >= 0.3 is 0 Å². The molecule has 46 valence electrons. The molecule has 0 bridgehead atoms. The summed E-state index contributed by atoms with van der Waals surface area (Å²) in [6.07, 6.45) is 5.86. The van der Waals surface area contributed by atoms with E-state index in [1.165, 1.54) is 0 Å². The molecule has 0 amide bonds. The van der Waals surface area contributed by atoms with Gasteiger partial charge in [-0.3, -0.25) is 4.99 Å². The van der Waals surface area contributed by atoms with E-state index in [1.54, 1.807) is 13.3 Å². The standard InChI is InChI=1S/C7H13N/c1-7(2)5-4-6-8-3/h4-7H,1-3H3. The number of rotatable bonds is 2. The van der Waals surface area contributed by atoms with Gasteiger partial charge in [-0.2, -0.15) is 0 Å². The van der Waals surface area contributed by atoms with Crippen LogP contribution in [0.2, 0.25) is 0 Å². The van der Waals surface area contributed by atoms with Crippen molar-refractivity contribution in [3.63, 3.8) is 0 Å². The summed E-state index contributed by atoms with van der Waals surface area (Å²) in [4.78, 5) is 3.80. The average molecular weight is 111 g/mol. The van der Waals surface area contributed by atoms with Crippen LogP contribution in [0.25, 0.3) is 0 Å². The lowest BCUT2D eigenvalue weighted by Gasteiger charge is -1.87. The summed E-state index contributed by atoms with van der Waals surface area (Å²) in [6.45, 7) is 4.28. The lowest BCUT2D eigenvalue weighted by molar-refractivity contribution is 0.833. The Morgan fingerprint density at radius 3 is 2.38 bits per heavy atom. The van der Waals surface area contributed by atoms with Crippen molar-refractivity contribution >= 4 is 6.21 Å². The first kappa shape index (κ1) is 7.41. The molecule has 1 nitrogen and oxygen atoms in total. The third-order valence-electron chi connectivity index (χ3n) is 0.731. The fourth-order valence-corrected chi connectivity index (χ4v) is 0.358. The largest absolute Gasteiger partial charge is 0.297 e. The van der Waals surface area contributed by atoms with E-state index in [1.807, 2.05) is 6.08 Å². The quantitative estimate of drug-likeness (QED) is 0.482. The van der Waals surface area contributed by atoms with E-state index >= 15 is 0 Å². The minimum Gasteiger partial charge on any atom is -0.297 e. The van der Waals surface area contributed by atoms with Crippen molar-refractivity contribution in [1.82, 2.24) is 0 Å². The average Bonchev–Trinajstić information content (AvgIpc) is 1.66. The number of nitrogens with zero attached hydrogens (tertiary/aromatic N) is 1. The van der Waals surface area contributed by atoms with Crippen LogP contribution in [0.5, 0.6) is 0 Å². The van der Waals surface area contributed by atoms with Gasteiger partial charge in [-0.25, -0.2) is 0 Å². The van der Waals surface area contributed by atoms with Crippen LogP contribution >= 0.6 is 0 Å². The molecule has 0 aromatic heterocycles. The molecule has 0 fully saturated rings. The molecule has 0 aliphatic rings. The third kappa shape index (κ3) is 5.41. The first-order valence-corrected chi connectivity index (χ1v) is 2.86. The second-order valence-corrected chi connectivity index (χ2v) is 2.04. The smallest absolute Gasteiger partial charge is 0.0277 e. The first-order valence-electron chi connectivity index (χ1n) is 2.86. The van der Waals surface area contributed by atoms with Gasteiger partial charge in [-0.05, 0) is 12.0 Å². The molecule has 0 heterocycles. The monoisotopic (exact) mass is 111 g/mol. The fourth-order valence-electron chi connectivity index (χ4n) is 0.358. The van der Waals surface area contributed by atoms with Crippen molar-refractivity contribution in [2.75, 3.05) is 7.05 Å². The summed E-state index contributed by atoms with van der Waals surface area (Å²) in [5, 5.41) is 0. The van der Waals surface area contributed by atoms with Crippen LogP contribution in [-0.4, -0.2) is 13.3 Å². The Hall–Kier alpha value is -0.590. The normalized spacial score (nSPS) is 12.5. The molecule has 1 heteroatoms. The fraction of sp³-hybridized carbons (Fsp3) is 0.571.